The summed E-state index contributed by atoms with van der Waals surface area (Å²) >= 11 is 0. The number of hydrogen-bond acceptors (Lipinski definition) is 3. The van der Waals surface area contributed by atoms with Gasteiger partial charge >= 0.3 is 0 Å². The molecular formula is C17H15FNO3-. The average Bonchev–Trinajstić information content (AvgIpc) is 3.30. The van der Waals surface area contributed by atoms with Crippen LogP contribution in [0.5, 0.6) is 0 Å². The fourth-order valence-corrected chi connectivity index (χ4v) is 4.31. The highest BCUT2D eigenvalue weighted by Gasteiger charge is 2.61. The predicted molar refractivity (Wildman–Crippen MR) is 74.7 cm³/mol. The lowest BCUT2D eigenvalue weighted by Crippen LogP contribution is -2.52. The molecule has 5 rings (SSSR count). The molecule has 4 nitrogen and oxygen atoms in total. The number of amides is 1. The van der Waals surface area contributed by atoms with Crippen LogP contribution in [0.1, 0.15) is 6.42 Å². The van der Waals surface area contributed by atoms with E-state index in [9.17, 15) is 19.1 Å². The number of aliphatic carboxylic acids is 1. The van der Waals surface area contributed by atoms with Gasteiger partial charge in [0.15, 0.2) is 0 Å². The molecule has 114 valence electrons. The highest BCUT2D eigenvalue weighted by molar-refractivity contribution is 5.96. The first kappa shape index (κ1) is 13.5. The van der Waals surface area contributed by atoms with Gasteiger partial charge in [-0.2, -0.15) is 0 Å². The van der Waals surface area contributed by atoms with E-state index in [-0.39, 0.29) is 23.6 Å². The van der Waals surface area contributed by atoms with E-state index in [1.807, 2.05) is 12.2 Å². The Morgan fingerprint density at radius 1 is 1.05 bits per heavy atom. The first-order valence-corrected chi connectivity index (χ1v) is 7.52. The van der Waals surface area contributed by atoms with Gasteiger partial charge in [-0.15, -0.1) is 0 Å². The Hall–Kier alpha value is -2.17. The number of carbonyl (C=O) groups is 2. The third-order valence-corrected chi connectivity index (χ3v) is 5.34. The number of carboxylic acids is 1. The van der Waals surface area contributed by atoms with Gasteiger partial charge in [-0.3, -0.25) is 4.79 Å². The van der Waals surface area contributed by atoms with Crippen LogP contribution in [0.4, 0.5) is 10.1 Å². The number of halogens is 1. The van der Waals surface area contributed by atoms with E-state index in [1.54, 1.807) is 0 Å². The molecule has 0 heterocycles. The average molecular weight is 300 g/mol. The SMILES string of the molecule is O=C(Nc1ccc(F)cc1)[C@H]1[C@@H]2C=C[C@@H]([C@H]3C[C@@H]23)[C@@H]1C(=O)[O-]. The van der Waals surface area contributed by atoms with Crippen LogP contribution in [-0.2, 0) is 9.59 Å². The zero-order valence-electron chi connectivity index (χ0n) is 11.7. The first-order valence-electron chi connectivity index (χ1n) is 7.52. The highest BCUT2D eigenvalue weighted by Crippen LogP contribution is 2.63. The Kier molecular flexibility index (Phi) is 2.86. The molecule has 1 amide bonds. The van der Waals surface area contributed by atoms with Crippen molar-refractivity contribution in [3.63, 3.8) is 0 Å². The zero-order valence-corrected chi connectivity index (χ0v) is 11.7. The zero-order chi connectivity index (χ0) is 15.4. The van der Waals surface area contributed by atoms with Crippen LogP contribution in [0.15, 0.2) is 36.4 Å². The van der Waals surface area contributed by atoms with Crippen LogP contribution in [0.2, 0.25) is 0 Å². The van der Waals surface area contributed by atoms with Crippen LogP contribution in [-0.4, -0.2) is 11.9 Å². The first-order chi connectivity index (χ1) is 10.6. The van der Waals surface area contributed by atoms with Crippen molar-refractivity contribution in [1.29, 1.82) is 0 Å². The number of nitrogens with one attached hydrogen (secondary N) is 1. The van der Waals surface area contributed by atoms with Crippen molar-refractivity contribution in [2.45, 2.75) is 6.42 Å². The Morgan fingerprint density at radius 2 is 1.64 bits per heavy atom. The molecule has 0 aliphatic heterocycles. The minimum absolute atomic E-state index is 0.0293. The van der Waals surface area contributed by atoms with Gasteiger partial charge in [-0.25, -0.2) is 4.39 Å². The Balaban J connectivity index is 1.60. The van der Waals surface area contributed by atoms with E-state index < -0.39 is 17.8 Å². The van der Waals surface area contributed by atoms with Gasteiger partial charge in [0.2, 0.25) is 5.91 Å². The summed E-state index contributed by atoms with van der Waals surface area (Å²) in [5.74, 6) is -2.52. The van der Waals surface area contributed by atoms with Crippen LogP contribution in [0, 0.1) is 41.3 Å². The molecule has 4 aliphatic carbocycles. The molecule has 4 aliphatic rings. The number of rotatable bonds is 3. The second-order valence-electron chi connectivity index (χ2n) is 6.47. The van der Waals surface area contributed by atoms with Gasteiger partial charge in [0.05, 0.1) is 5.92 Å². The molecule has 6 atom stereocenters. The van der Waals surface area contributed by atoms with Crippen LogP contribution >= 0.6 is 0 Å². The number of benzene rings is 1. The number of anilines is 1. The van der Waals surface area contributed by atoms with E-state index in [1.165, 1.54) is 24.3 Å². The molecule has 2 fully saturated rings. The number of allylic oxidation sites excluding steroid dienone is 2. The molecule has 1 aromatic rings. The smallest absolute Gasteiger partial charge is 0.228 e. The molecule has 0 saturated heterocycles. The van der Waals surface area contributed by atoms with Crippen molar-refractivity contribution in [2.75, 3.05) is 5.32 Å². The van der Waals surface area contributed by atoms with Crippen molar-refractivity contribution >= 4 is 17.6 Å². The second-order valence-corrected chi connectivity index (χ2v) is 6.47. The number of carboxylic acid groups (broad SMARTS) is 1. The van der Waals surface area contributed by atoms with Crippen LogP contribution in [0.3, 0.4) is 0 Å². The summed E-state index contributed by atoms with van der Waals surface area (Å²) in [4.78, 5) is 24.1. The Morgan fingerprint density at radius 3 is 2.23 bits per heavy atom. The van der Waals surface area contributed by atoms with Crippen molar-refractivity contribution < 1.29 is 19.1 Å². The van der Waals surface area contributed by atoms with Gasteiger partial charge in [0.25, 0.3) is 0 Å². The molecule has 0 unspecified atom stereocenters. The van der Waals surface area contributed by atoms with E-state index in [2.05, 4.69) is 5.32 Å². The number of hydrogen-bond donors (Lipinski definition) is 1. The molecule has 0 aromatic heterocycles. The largest absolute Gasteiger partial charge is 0.550 e. The van der Waals surface area contributed by atoms with Crippen molar-refractivity contribution in [1.82, 2.24) is 0 Å². The van der Waals surface area contributed by atoms with Crippen molar-refractivity contribution in [3.05, 3.63) is 42.2 Å². The van der Waals surface area contributed by atoms with Gasteiger partial charge in [0, 0.05) is 17.6 Å². The minimum Gasteiger partial charge on any atom is -0.550 e. The Bertz CT molecular complexity index is 669. The van der Waals surface area contributed by atoms with E-state index in [0.29, 0.717) is 17.5 Å². The fraction of sp³-hybridized carbons (Fsp3) is 0.412. The topological polar surface area (TPSA) is 69.2 Å². The van der Waals surface area contributed by atoms with Gasteiger partial charge < -0.3 is 15.2 Å². The summed E-state index contributed by atoms with van der Waals surface area (Å²) in [6.45, 7) is 0. The lowest BCUT2D eigenvalue weighted by molar-refractivity contribution is -0.316. The van der Waals surface area contributed by atoms with Gasteiger partial charge in [0.1, 0.15) is 5.82 Å². The molecule has 2 saturated carbocycles. The molecule has 22 heavy (non-hydrogen) atoms. The molecule has 2 bridgehead atoms. The maximum absolute atomic E-state index is 12.9. The normalized spacial score (nSPS) is 37.5. The van der Waals surface area contributed by atoms with E-state index in [4.69, 9.17) is 0 Å². The van der Waals surface area contributed by atoms with Crippen LogP contribution < -0.4 is 10.4 Å². The summed E-state index contributed by atoms with van der Waals surface area (Å²) in [5, 5.41) is 14.3. The van der Waals surface area contributed by atoms with Crippen LogP contribution in [0.25, 0.3) is 0 Å². The third-order valence-electron chi connectivity index (χ3n) is 5.34. The summed E-state index contributed by atoms with van der Waals surface area (Å²) in [6, 6.07) is 5.46. The maximum Gasteiger partial charge on any atom is 0.228 e. The summed E-state index contributed by atoms with van der Waals surface area (Å²) < 4.78 is 12.9. The molecule has 1 N–H and O–H groups in total. The van der Waals surface area contributed by atoms with E-state index >= 15 is 0 Å². The van der Waals surface area contributed by atoms with Gasteiger partial charge in [-0.1, -0.05) is 12.2 Å². The highest BCUT2D eigenvalue weighted by atomic mass is 19.1. The van der Waals surface area contributed by atoms with Crippen molar-refractivity contribution in [2.24, 2.45) is 35.5 Å². The monoisotopic (exact) mass is 300 g/mol. The predicted octanol–water partition coefficient (Wildman–Crippen LogP) is 1.20. The lowest BCUT2D eigenvalue weighted by atomic mass is 9.62. The molecule has 0 spiro atoms. The summed E-state index contributed by atoms with van der Waals surface area (Å²) in [7, 11) is 0. The molecule has 1 aromatic carbocycles. The molecule has 0 radical (unpaired) electrons. The second kappa shape index (κ2) is 4.66. The minimum atomic E-state index is -1.15. The summed E-state index contributed by atoms with van der Waals surface area (Å²) in [5.41, 5.74) is 0.473. The number of fused-ring (bicyclic) bond motifs is 1. The number of carbonyl (C=O) groups excluding carboxylic acids is 2. The molecular weight excluding hydrogens is 285 g/mol. The van der Waals surface area contributed by atoms with Crippen molar-refractivity contribution in [3.8, 4) is 0 Å². The Labute approximate surface area is 127 Å². The maximum atomic E-state index is 12.9. The standard InChI is InChI=1S/C17H16FNO3/c18-8-1-3-9(4-2-8)19-16(20)14-10-5-6-11(13-7-12(10)13)15(14)17(21)22/h1-6,10-15H,7H2,(H,19,20)(H,21,22)/p-1/t10-,11+,12+,13-,14+,15+/m1/s1. The fourth-order valence-electron chi connectivity index (χ4n) is 4.31. The third kappa shape index (κ3) is 1.95. The quantitative estimate of drug-likeness (QED) is 0.853. The van der Waals surface area contributed by atoms with E-state index in [0.717, 1.165) is 6.42 Å². The molecule has 5 heteroatoms. The lowest BCUT2D eigenvalue weighted by Gasteiger charge is -2.44. The summed E-state index contributed by atoms with van der Waals surface area (Å²) in [6.07, 6.45) is 4.93. The van der Waals surface area contributed by atoms with Gasteiger partial charge in [-0.05, 0) is 54.4 Å².